The number of ether oxygens (including phenoxy) is 1. The summed E-state index contributed by atoms with van der Waals surface area (Å²) in [5, 5.41) is 9.49. The molecule has 3 amide bonds. The molecule has 3 aromatic rings. The summed E-state index contributed by atoms with van der Waals surface area (Å²) in [5.74, 6) is -0.369. The number of rotatable bonds is 11. The smallest absolute Gasteiger partial charge is 0.410 e. The van der Waals surface area contributed by atoms with Gasteiger partial charge in [-0.05, 0) is 64.3 Å². The van der Waals surface area contributed by atoms with E-state index in [0.717, 1.165) is 27.5 Å². The predicted molar refractivity (Wildman–Crippen MR) is 174 cm³/mol. The van der Waals surface area contributed by atoms with E-state index in [1.165, 1.54) is 11.1 Å². The quantitative estimate of drug-likeness (QED) is 0.322. The predicted octanol–water partition coefficient (Wildman–Crippen LogP) is 5.00. The van der Waals surface area contributed by atoms with Gasteiger partial charge in [0.05, 0.1) is 13.1 Å². The van der Waals surface area contributed by atoms with Gasteiger partial charge in [0.1, 0.15) is 10.6 Å². The molecule has 2 aromatic carbocycles. The number of likely N-dealkylation sites (N-methyl/N-ethyl adjacent to an activating group) is 2. The van der Waals surface area contributed by atoms with Gasteiger partial charge in [-0.2, -0.15) is 0 Å². The number of carbonyl (C=O) groups excluding carboxylic acids is 3. The van der Waals surface area contributed by atoms with Crippen molar-refractivity contribution in [2.24, 2.45) is 0 Å². The number of hydrogen-bond acceptors (Lipinski definition) is 8. The highest BCUT2D eigenvalue weighted by Crippen LogP contribution is 2.30. The monoisotopic (exact) mass is 620 g/mol. The van der Waals surface area contributed by atoms with Gasteiger partial charge < -0.3 is 19.9 Å². The number of hydrogen-bond donors (Lipinski definition) is 1. The summed E-state index contributed by atoms with van der Waals surface area (Å²) in [6.45, 7) is 13.6. The fourth-order valence-electron chi connectivity index (χ4n) is 5.01. The van der Waals surface area contributed by atoms with E-state index in [-0.39, 0.29) is 31.4 Å². The van der Waals surface area contributed by atoms with Crippen LogP contribution in [0.1, 0.15) is 50.1 Å². The Morgan fingerprint density at radius 1 is 1.05 bits per heavy atom. The lowest BCUT2D eigenvalue weighted by molar-refractivity contribution is -0.145. The van der Waals surface area contributed by atoms with Gasteiger partial charge in [-0.1, -0.05) is 36.4 Å². The molecule has 0 unspecified atom stereocenters. The lowest BCUT2D eigenvalue weighted by atomic mass is 10.1. The Morgan fingerprint density at radius 2 is 1.73 bits per heavy atom. The molecule has 0 aliphatic carbocycles. The van der Waals surface area contributed by atoms with Crippen LogP contribution in [0.15, 0.2) is 47.8 Å². The number of hydrazine groups is 1. The van der Waals surface area contributed by atoms with Gasteiger partial charge in [0, 0.05) is 62.1 Å². The summed E-state index contributed by atoms with van der Waals surface area (Å²) in [7, 11) is 1.78. The van der Waals surface area contributed by atoms with E-state index in [1.54, 1.807) is 28.3 Å². The molecule has 44 heavy (non-hydrogen) atoms. The molecular weight excluding hydrogens is 576 g/mol. The summed E-state index contributed by atoms with van der Waals surface area (Å²) < 4.78 is 5.48. The van der Waals surface area contributed by atoms with Gasteiger partial charge in [-0.15, -0.1) is 11.3 Å². The second-order valence-corrected chi connectivity index (χ2v) is 12.9. The van der Waals surface area contributed by atoms with Crippen molar-refractivity contribution in [2.45, 2.75) is 60.2 Å². The van der Waals surface area contributed by atoms with Crippen molar-refractivity contribution < 1.29 is 19.1 Å². The lowest BCUT2D eigenvalue weighted by Gasteiger charge is -2.32. The fourth-order valence-corrected chi connectivity index (χ4v) is 5.81. The molecule has 1 N–H and O–H groups in total. The Morgan fingerprint density at radius 3 is 2.32 bits per heavy atom. The van der Waals surface area contributed by atoms with E-state index in [1.807, 2.05) is 87.2 Å². The number of amides is 3. The topological polar surface area (TPSA) is 98.3 Å². The maximum atomic E-state index is 13.7. The average molecular weight is 621 g/mol. The van der Waals surface area contributed by atoms with E-state index in [0.29, 0.717) is 26.2 Å². The summed E-state index contributed by atoms with van der Waals surface area (Å²) in [6.07, 6.45) is -0.418. The number of thiazole rings is 1. The van der Waals surface area contributed by atoms with Gasteiger partial charge in [-0.3, -0.25) is 14.6 Å². The van der Waals surface area contributed by atoms with Crippen LogP contribution in [0.4, 0.5) is 10.5 Å². The number of fused-ring (bicyclic) bond motifs is 1. The first kappa shape index (κ1) is 32.9. The van der Waals surface area contributed by atoms with Crippen molar-refractivity contribution in [3.8, 4) is 10.6 Å². The van der Waals surface area contributed by atoms with Crippen LogP contribution in [0.2, 0.25) is 0 Å². The maximum absolute atomic E-state index is 13.7. The highest BCUT2D eigenvalue weighted by atomic mass is 32.1. The molecule has 1 aromatic heterocycles. The van der Waals surface area contributed by atoms with Gasteiger partial charge in [0.2, 0.25) is 5.91 Å². The molecule has 1 aliphatic rings. The van der Waals surface area contributed by atoms with Crippen molar-refractivity contribution in [2.75, 3.05) is 44.7 Å². The minimum atomic E-state index is -0.602. The van der Waals surface area contributed by atoms with E-state index in [9.17, 15) is 14.4 Å². The van der Waals surface area contributed by atoms with E-state index >= 15 is 0 Å². The molecule has 0 radical (unpaired) electrons. The molecule has 0 saturated carbocycles. The number of nitrogens with zero attached hydrogens (tertiary/aromatic N) is 5. The number of carbonyl (C=O) groups is 3. The second kappa shape index (κ2) is 14.2. The first-order valence-corrected chi connectivity index (χ1v) is 15.8. The van der Waals surface area contributed by atoms with Crippen LogP contribution < -0.4 is 10.2 Å². The molecule has 236 valence electrons. The van der Waals surface area contributed by atoms with E-state index < -0.39 is 11.7 Å². The Kier molecular flexibility index (Phi) is 10.6. The zero-order valence-electron chi connectivity index (χ0n) is 26.8. The highest BCUT2D eigenvalue weighted by molar-refractivity contribution is 7.13. The van der Waals surface area contributed by atoms with Crippen molar-refractivity contribution in [1.29, 1.82) is 0 Å². The molecule has 2 heterocycles. The van der Waals surface area contributed by atoms with Crippen LogP contribution in [0.25, 0.3) is 10.6 Å². The van der Waals surface area contributed by atoms with E-state index in [2.05, 4.69) is 22.4 Å². The largest absolute Gasteiger partial charge is 0.444 e. The fraction of sp³-hybridized carbons (Fsp3) is 0.455. The van der Waals surface area contributed by atoms with Gasteiger partial charge in [0.25, 0.3) is 5.91 Å². The third-order valence-electron chi connectivity index (χ3n) is 7.42. The Hall–Kier alpha value is -3.96. The number of nitrogens with one attached hydrogen (secondary N) is 1. The summed E-state index contributed by atoms with van der Waals surface area (Å²) in [6, 6.07) is 14.2. The molecule has 0 saturated heterocycles. The zero-order chi connectivity index (χ0) is 32.0. The zero-order valence-corrected chi connectivity index (χ0v) is 27.7. The second-order valence-electron chi connectivity index (χ2n) is 12.1. The molecule has 11 heteroatoms. The number of anilines is 1. The molecule has 0 bridgehead atoms. The van der Waals surface area contributed by atoms with E-state index in [4.69, 9.17) is 4.74 Å². The molecular formula is C33H44N6O4S. The first-order valence-electron chi connectivity index (χ1n) is 15.0. The molecule has 4 rings (SSSR count). The SMILES string of the molecule is CCN(CCNC(=O)CN(CC(=O)N(C)N1Cc2ccccc2C1)c1cc(-c2nc(C)cs2)ccc1C)C(=O)OC(C)(C)C. The summed E-state index contributed by atoms with van der Waals surface area (Å²) >= 11 is 1.56. The van der Waals surface area contributed by atoms with Crippen LogP contribution >= 0.6 is 11.3 Å². The lowest BCUT2D eigenvalue weighted by Crippen LogP contribution is -2.48. The third-order valence-corrected chi connectivity index (χ3v) is 8.43. The van der Waals surface area contributed by atoms with Crippen LogP contribution in [0.5, 0.6) is 0 Å². The normalized spacial score (nSPS) is 12.9. The molecule has 0 fully saturated rings. The van der Waals surface area contributed by atoms with Crippen molar-refractivity contribution in [3.63, 3.8) is 0 Å². The van der Waals surface area contributed by atoms with Crippen LogP contribution in [-0.4, -0.2) is 83.2 Å². The van der Waals surface area contributed by atoms with Gasteiger partial charge in [-0.25, -0.2) is 14.8 Å². The maximum Gasteiger partial charge on any atom is 0.410 e. The molecule has 1 aliphatic heterocycles. The first-order chi connectivity index (χ1) is 20.8. The Labute approximate surface area is 264 Å². The molecule has 10 nitrogen and oxygen atoms in total. The Balaban J connectivity index is 1.48. The van der Waals surface area contributed by atoms with Crippen LogP contribution in [0, 0.1) is 13.8 Å². The van der Waals surface area contributed by atoms with Gasteiger partial charge >= 0.3 is 6.09 Å². The van der Waals surface area contributed by atoms with Crippen molar-refractivity contribution >= 4 is 34.9 Å². The van der Waals surface area contributed by atoms with Crippen molar-refractivity contribution in [1.82, 2.24) is 25.2 Å². The Bertz CT molecular complexity index is 1460. The molecule has 0 atom stereocenters. The number of aromatic nitrogens is 1. The summed E-state index contributed by atoms with van der Waals surface area (Å²) in [4.78, 5) is 47.5. The summed E-state index contributed by atoms with van der Waals surface area (Å²) in [5.41, 5.74) is 5.42. The minimum absolute atomic E-state index is 0.0109. The minimum Gasteiger partial charge on any atom is -0.444 e. The van der Waals surface area contributed by atoms with Crippen LogP contribution in [0.3, 0.4) is 0 Å². The van der Waals surface area contributed by atoms with Crippen molar-refractivity contribution in [3.05, 3.63) is 70.2 Å². The highest BCUT2D eigenvalue weighted by Gasteiger charge is 2.27. The standard InChI is InChI=1S/C33H44N6O4S/c1-8-37(32(42)43-33(4,5)6)16-15-34-29(40)20-38(28-17-25(14-13-23(28)2)31-35-24(3)22-44-31)21-30(41)36(7)39-18-26-11-9-10-12-27(26)19-39/h9-14,17,22H,8,15-16,18-21H2,1-7H3,(H,34,40). The average Bonchev–Trinajstić information content (AvgIpc) is 3.60. The van der Waals surface area contributed by atoms with Crippen LogP contribution in [-0.2, 0) is 27.4 Å². The van der Waals surface area contributed by atoms with Gasteiger partial charge in [0.15, 0.2) is 0 Å². The molecule has 0 spiro atoms. The number of aryl methyl sites for hydroxylation is 2. The third kappa shape index (κ3) is 8.57. The number of benzene rings is 2.